The molecule has 1 aliphatic carbocycles. The summed E-state index contributed by atoms with van der Waals surface area (Å²) < 4.78 is 1.84. The number of carbonyl (C=O) groups excluding carboxylic acids is 1. The number of aryl methyl sites for hydroxylation is 1. The molecule has 2 fully saturated rings. The Hall–Kier alpha value is -1.40. The summed E-state index contributed by atoms with van der Waals surface area (Å²) in [5.74, 6) is 0.731. The van der Waals surface area contributed by atoms with E-state index in [0.717, 1.165) is 52.1 Å². The van der Waals surface area contributed by atoms with Gasteiger partial charge in [-0.05, 0) is 19.8 Å². The number of hydrogen-bond donors (Lipinski definition) is 1. The average molecular weight is 333 g/mol. The van der Waals surface area contributed by atoms with Gasteiger partial charge in [0, 0.05) is 70.0 Å². The lowest BCUT2D eigenvalue weighted by atomic mass is 10.1. The average Bonchev–Trinajstić information content (AvgIpc) is 3.26. The minimum absolute atomic E-state index is 0.318. The first kappa shape index (κ1) is 17.4. The van der Waals surface area contributed by atoms with E-state index in [2.05, 4.69) is 33.3 Å². The highest BCUT2D eigenvalue weighted by Gasteiger charge is 2.29. The van der Waals surface area contributed by atoms with Crippen LogP contribution in [0.4, 0.5) is 0 Å². The van der Waals surface area contributed by atoms with Crippen molar-refractivity contribution in [2.75, 3.05) is 39.3 Å². The van der Waals surface area contributed by atoms with Crippen molar-refractivity contribution in [2.45, 2.75) is 38.6 Å². The maximum atomic E-state index is 12.5. The molecule has 0 radical (unpaired) electrons. The summed E-state index contributed by atoms with van der Waals surface area (Å²) in [4.78, 5) is 17.0. The van der Waals surface area contributed by atoms with Gasteiger partial charge in [-0.1, -0.05) is 12.8 Å². The van der Waals surface area contributed by atoms with Crippen LogP contribution in [0.25, 0.3) is 0 Å². The predicted octanol–water partition coefficient (Wildman–Crippen LogP) is 1.41. The Balaban J connectivity index is 1.34. The van der Waals surface area contributed by atoms with Crippen molar-refractivity contribution in [1.29, 1.82) is 0 Å². The molecular formula is C18H31N5O. The smallest absolute Gasteiger partial charge is 0.225 e. The van der Waals surface area contributed by atoms with Gasteiger partial charge in [-0.3, -0.25) is 14.4 Å². The second-order valence-electron chi connectivity index (χ2n) is 7.27. The monoisotopic (exact) mass is 333 g/mol. The van der Waals surface area contributed by atoms with Crippen LogP contribution in [-0.4, -0.2) is 64.8 Å². The number of amides is 1. The molecule has 2 heterocycles. The first-order valence-corrected chi connectivity index (χ1v) is 9.36. The van der Waals surface area contributed by atoms with Crippen LogP contribution in [0, 0.1) is 5.92 Å². The molecule has 3 rings (SSSR count). The lowest BCUT2D eigenvalue weighted by Gasteiger charge is -2.36. The Kier molecular flexibility index (Phi) is 5.89. The second kappa shape index (κ2) is 8.12. The number of piperazine rings is 1. The predicted molar refractivity (Wildman–Crippen MR) is 94.6 cm³/mol. The standard InChI is InChI=1S/C18H31N5O/c1-15(17-13-20-21(2)14-17)19-7-8-22-9-11-23(12-10-22)18(24)16-5-3-4-6-16/h13-16,19H,3-12H2,1-2H3. The van der Waals surface area contributed by atoms with Gasteiger partial charge in [-0.2, -0.15) is 5.10 Å². The third-order valence-corrected chi connectivity index (χ3v) is 5.49. The van der Waals surface area contributed by atoms with E-state index in [9.17, 15) is 4.79 Å². The quantitative estimate of drug-likeness (QED) is 0.855. The van der Waals surface area contributed by atoms with E-state index >= 15 is 0 Å². The number of nitrogens with zero attached hydrogens (tertiary/aromatic N) is 4. The summed E-state index contributed by atoms with van der Waals surface area (Å²) >= 11 is 0. The Morgan fingerprint density at radius 1 is 1.29 bits per heavy atom. The molecule has 24 heavy (non-hydrogen) atoms. The Morgan fingerprint density at radius 3 is 2.62 bits per heavy atom. The van der Waals surface area contributed by atoms with Crippen molar-refractivity contribution >= 4 is 5.91 Å². The molecule has 1 aromatic rings. The first-order valence-electron chi connectivity index (χ1n) is 9.36. The minimum atomic E-state index is 0.318. The van der Waals surface area contributed by atoms with Gasteiger partial charge in [0.15, 0.2) is 0 Å². The van der Waals surface area contributed by atoms with Crippen LogP contribution in [0.1, 0.15) is 44.2 Å². The van der Waals surface area contributed by atoms with Crippen LogP contribution >= 0.6 is 0 Å². The molecular weight excluding hydrogens is 302 g/mol. The van der Waals surface area contributed by atoms with Crippen LogP contribution in [0.5, 0.6) is 0 Å². The highest BCUT2D eigenvalue weighted by molar-refractivity contribution is 5.79. The molecule has 1 saturated carbocycles. The molecule has 0 bridgehead atoms. The third-order valence-electron chi connectivity index (χ3n) is 5.49. The molecule has 1 saturated heterocycles. The Labute approximate surface area is 145 Å². The minimum Gasteiger partial charge on any atom is -0.340 e. The highest BCUT2D eigenvalue weighted by atomic mass is 16.2. The number of carbonyl (C=O) groups is 1. The van der Waals surface area contributed by atoms with Crippen molar-refractivity contribution in [3.05, 3.63) is 18.0 Å². The number of nitrogens with one attached hydrogen (secondary N) is 1. The molecule has 1 atom stereocenters. The molecule has 0 spiro atoms. The molecule has 1 aliphatic heterocycles. The van der Waals surface area contributed by atoms with E-state index in [1.807, 2.05) is 17.9 Å². The van der Waals surface area contributed by atoms with Gasteiger partial charge in [0.1, 0.15) is 0 Å². The first-order chi connectivity index (χ1) is 11.6. The van der Waals surface area contributed by atoms with Crippen molar-refractivity contribution in [3.8, 4) is 0 Å². The van der Waals surface area contributed by atoms with E-state index in [1.165, 1.54) is 18.4 Å². The lowest BCUT2D eigenvalue weighted by molar-refractivity contribution is -0.137. The number of aromatic nitrogens is 2. The maximum Gasteiger partial charge on any atom is 0.225 e. The molecule has 2 aliphatic rings. The van der Waals surface area contributed by atoms with Gasteiger partial charge in [-0.25, -0.2) is 0 Å². The number of rotatable bonds is 6. The van der Waals surface area contributed by atoms with Crippen LogP contribution in [0.2, 0.25) is 0 Å². The fourth-order valence-electron chi connectivity index (χ4n) is 3.84. The molecule has 134 valence electrons. The molecule has 0 aromatic carbocycles. The lowest BCUT2D eigenvalue weighted by Crippen LogP contribution is -2.51. The Morgan fingerprint density at radius 2 is 2.00 bits per heavy atom. The van der Waals surface area contributed by atoms with E-state index in [1.54, 1.807) is 0 Å². The van der Waals surface area contributed by atoms with Crippen LogP contribution in [0.3, 0.4) is 0 Å². The fraction of sp³-hybridized carbons (Fsp3) is 0.778. The SMILES string of the molecule is CC(NCCN1CCN(C(=O)C2CCCC2)CC1)c1cnn(C)c1. The van der Waals surface area contributed by atoms with Crippen LogP contribution in [0.15, 0.2) is 12.4 Å². The van der Waals surface area contributed by atoms with E-state index < -0.39 is 0 Å². The van der Waals surface area contributed by atoms with Gasteiger partial charge in [0.25, 0.3) is 0 Å². The van der Waals surface area contributed by atoms with E-state index in [-0.39, 0.29) is 0 Å². The zero-order valence-corrected chi connectivity index (χ0v) is 15.1. The van der Waals surface area contributed by atoms with Crippen molar-refractivity contribution in [3.63, 3.8) is 0 Å². The van der Waals surface area contributed by atoms with Crippen molar-refractivity contribution in [1.82, 2.24) is 24.9 Å². The van der Waals surface area contributed by atoms with Gasteiger partial charge in [0.2, 0.25) is 5.91 Å². The van der Waals surface area contributed by atoms with Gasteiger partial charge < -0.3 is 10.2 Å². The summed E-state index contributed by atoms with van der Waals surface area (Å²) in [6.45, 7) is 7.97. The van der Waals surface area contributed by atoms with Crippen molar-refractivity contribution < 1.29 is 4.79 Å². The zero-order chi connectivity index (χ0) is 16.9. The van der Waals surface area contributed by atoms with Crippen LogP contribution in [-0.2, 0) is 11.8 Å². The number of hydrogen-bond acceptors (Lipinski definition) is 4. The molecule has 6 heteroatoms. The van der Waals surface area contributed by atoms with Gasteiger partial charge in [-0.15, -0.1) is 0 Å². The Bertz CT molecular complexity index is 529. The molecule has 1 unspecified atom stereocenters. The van der Waals surface area contributed by atoms with Crippen LogP contribution < -0.4 is 5.32 Å². The molecule has 1 N–H and O–H groups in total. The van der Waals surface area contributed by atoms with E-state index in [4.69, 9.17) is 0 Å². The van der Waals surface area contributed by atoms with Gasteiger partial charge >= 0.3 is 0 Å². The second-order valence-corrected chi connectivity index (χ2v) is 7.27. The topological polar surface area (TPSA) is 53.4 Å². The normalized spacial score (nSPS) is 21.3. The summed E-state index contributed by atoms with van der Waals surface area (Å²) in [5, 5.41) is 7.78. The zero-order valence-electron chi connectivity index (χ0n) is 15.1. The largest absolute Gasteiger partial charge is 0.340 e. The summed E-state index contributed by atoms with van der Waals surface area (Å²) in [6.07, 6.45) is 8.66. The molecule has 6 nitrogen and oxygen atoms in total. The summed E-state index contributed by atoms with van der Waals surface area (Å²) in [7, 11) is 1.95. The molecule has 1 amide bonds. The summed E-state index contributed by atoms with van der Waals surface area (Å²) in [6, 6.07) is 0.323. The summed E-state index contributed by atoms with van der Waals surface area (Å²) in [5.41, 5.74) is 1.23. The molecule has 1 aromatic heterocycles. The van der Waals surface area contributed by atoms with Gasteiger partial charge in [0.05, 0.1) is 6.20 Å². The van der Waals surface area contributed by atoms with E-state index in [0.29, 0.717) is 17.9 Å². The van der Waals surface area contributed by atoms with Crippen molar-refractivity contribution in [2.24, 2.45) is 13.0 Å². The highest BCUT2D eigenvalue weighted by Crippen LogP contribution is 2.26. The third kappa shape index (κ3) is 4.36. The maximum absolute atomic E-state index is 12.5. The fourth-order valence-corrected chi connectivity index (χ4v) is 3.84.